The van der Waals surface area contributed by atoms with Gasteiger partial charge in [0.25, 0.3) is 0 Å². The highest BCUT2D eigenvalue weighted by atomic mass is 19.2. The molecule has 2 aliphatic heterocycles. The number of imide groups is 1. The first-order chi connectivity index (χ1) is 29.2. The fourth-order valence-electron chi connectivity index (χ4n) is 9.98. The largest absolute Gasteiger partial charge is 0.496 e. The lowest BCUT2D eigenvalue weighted by molar-refractivity contribution is 0.123. The van der Waals surface area contributed by atoms with Crippen molar-refractivity contribution in [3.63, 3.8) is 0 Å². The van der Waals surface area contributed by atoms with Crippen molar-refractivity contribution in [3.05, 3.63) is 208 Å². The fourth-order valence-corrected chi connectivity index (χ4v) is 9.98. The van der Waals surface area contributed by atoms with Crippen LogP contribution in [0.25, 0.3) is 0 Å². The summed E-state index contributed by atoms with van der Waals surface area (Å²) in [5.41, 5.74) is 3.11. The third-order valence-corrected chi connectivity index (χ3v) is 12.8. The lowest BCUT2D eigenvalue weighted by atomic mass is 9.55. The van der Waals surface area contributed by atoms with E-state index in [0.717, 1.165) is 67.0 Å². The summed E-state index contributed by atoms with van der Waals surface area (Å²) >= 11 is 0. The van der Waals surface area contributed by atoms with Crippen molar-refractivity contribution >= 4 is 12.1 Å². The minimum atomic E-state index is -1.61. The molecule has 0 aromatic heterocycles. The number of methoxy groups -OCH3 is 1. The van der Waals surface area contributed by atoms with Gasteiger partial charge in [-0.05, 0) is 91.8 Å². The maximum atomic E-state index is 15.5. The Hall–Kier alpha value is -6.32. The minimum Gasteiger partial charge on any atom is -0.496 e. The number of rotatable bonds is 12. The average molecular weight is 805 g/mol. The highest BCUT2D eigenvalue weighted by Crippen LogP contribution is 2.56. The van der Waals surface area contributed by atoms with Gasteiger partial charge < -0.3 is 20.3 Å². The topological polar surface area (TPSA) is 73.9 Å². The Kier molecular flexibility index (Phi) is 11.5. The van der Waals surface area contributed by atoms with Crippen LogP contribution in [0.15, 0.2) is 158 Å². The van der Waals surface area contributed by atoms with Gasteiger partial charge in [-0.15, -0.1) is 0 Å². The predicted octanol–water partition coefficient (Wildman–Crippen LogP) is 9.72. The molecule has 6 aromatic carbocycles. The standard InChI is InChI=1S/C51H50F2N4O3/c1-37-24-27-46(60-2)43(34-37)49(38-16-7-3-8-17-38)28-32-56(33-29-49)31-15-30-54-47(58)57-48(59)55-36-50(57,42-25-26-44(52)45(53)35-42)51(39-18-9-4-10-19-39,40-20-11-5-12-21-40)41-22-13-6-14-23-41/h3-14,16-27,34-35H,15,28-33,36H2,1-2H3,(H,54,58)(H,55,59). The SMILES string of the molecule is COc1ccc(C)cc1C1(c2ccccc2)CCN(CCCNC(=O)N2C(=O)NCC2(c2ccc(F)c(F)c2)C(c2ccccc2)(c2ccccc2)c2ccccc2)CC1. The molecular weight excluding hydrogens is 755 g/mol. The van der Waals surface area contributed by atoms with Crippen molar-refractivity contribution in [2.45, 2.75) is 42.6 Å². The quantitative estimate of drug-likeness (QED) is 0.0955. The molecule has 0 bridgehead atoms. The van der Waals surface area contributed by atoms with E-state index in [0.29, 0.717) is 6.42 Å². The molecule has 60 heavy (non-hydrogen) atoms. The van der Waals surface area contributed by atoms with Gasteiger partial charge in [0.1, 0.15) is 11.3 Å². The van der Waals surface area contributed by atoms with Gasteiger partial charge in [-0.1, -0.05) is 145 Å². The summed E-state index contributed by atoms with van der Waals surface area (Å²) in [5, 5.41) is 6.05. The molecule has 9 heteroatoms. The second-order valence-electron chi connectivity index (χ2n) is 15.9. The number of amides is 4. The molecule has 2 N–H and O–H groups in total. The van der Waals surface area contributed by atoms with Crippen LogP contribution in [0.2, 0.25) is 0 Å². The molecule has 0 radical (unpaired) electrons. The Labute approximate surface area is 351 Å². The molecule has 2 fully saturated rings. The first kappa shape index (κ1) is 40.5. The van der Waals surface area contributed by atoms with Crippen LogP contribution in [0.1, 0.15) is 58.2 Å². The number of likely N-dealkylation sites (tertiary alicyclic amines) is 1. The van der Waals surface area contributed by atoms with E-state index >= 15 is 4.39 Å². The first-order valence-corrected chi connectivity index (χ1v) is 20.7. The molecule has 1 unspecified atom stereocenters. The third-order valence-electron chi connectivity index (χ3n) is 12.8. The van der Waals surface area contributed by atoms with Crippen LogP contribution in [-0.4, -0.2) is 61.7 Å². The number of urea groups is 2. The van der Waals surface area contributed by atoms with Crippen LogP contribution >= 0.6 is 0 Å². The Morgan fingerprint density at radius 1 is 0.733 bits per heavy atom. The van der Waals surface area contributed by atoms with E-state index in [9.17, 15) is 14.0 Å². The predicted molar refractivity (Wildman–Crippen MR) is 231 cm³/mol. The normalized spacial score (nSPS) is 17.9. The van der Waals surface area contributed by atoms with Crippen LogP contribution in [0.3, 0.4) is 0 Å². The summed E-state index contributed by atoms with van der Waals surface area (Å²) in [6.07, 6.45) is 2.43. The van der Waals surface area contributed by atoms with Gasteiger partial charge in [-0.3, -0.25) is 0 Å². The van der Waals surface area contributed by atoms with Crippen molar-refractivity contribution in [3.8, 4) is 5.75 Å². The zero-order valence-electron chi connectivity index (χ0n) is 34.0. The number of halogens is 2. The molecule has 7 nitrogen and oxygen atoms in total. The van der Waals surface area contributed by atoms with Crippen LogP contribution < -0.4 is 15.4 Å². The second-order valence-corrected chi connectivity index (χ2v) is 15.9. The number of benzene rings is 6. The highest BCUT2D eigenvalue weighted by Gasteiger charge is 2.65. The summed E-state index contributed by atoms with van der Waals surface area (Å²) in [6, 6.07) is 48.4. The Bertz CT molecular complexity index is 2330. The van der Waals surface area contributed by atoms with E-state index in [-0.39, 0.29) is 24.1 Å². The summed E-state index contributed by atoms with van der Waals surface area (Å²) in [4.78, 5) is 32.8. The minimum absolute atomic E-state index is 0.0777. The van der Waals surface area contributed by atoms with E-state index in [2.05, 4.69) is 64.9 Å². The second kappa shape index (κ2) is 17.1. The maximum Gasteiger partial charge on any atom is 0.326 e. The summed E-state index contributed by atoms with van der Waals surface area (Å²) in [5.74, 6) is -1.21. The smallest absolute Gasteiger partial charge is 0.326 e. The first-order valence-electron chi connectivity index (χ1n) is 20.7. The van der Waals surface area contributed by atoms with Crippen LogP contribution in [0.5, 0.6) is 5.75 Å². The molecule has 6 aromatic rings. The number of carbonyl (C=O) groups excluding carboxylic acids is 2. The van der Waals surface area contributed by atoms with E-state index in [1.54, 1.807) is 7.11 Å². The van der Waals surface area contributed by atoms with E-state index in [1.807, 2.05) is 97.1 Å². The van der Waals surface area contributed by atoms with E-state index in [4.69, 9.17) is 4.74 Å². The molecule has 2 heterocycles. The van der Waals surface area contributed by atoms with Gasteiger partial charge in [0.05, 0.1) is 12.5 Å². The van der Waals surface area contributed by atoms with Gasteiger partial charge >= 0.3 is 12.1 Å². The maximum absolute atomic E-state index is 15.5. The number of aryl methyl sites for hydroxylation is 1. The summed E-state index contributed by atoms with van der Waals surface area (Å²) < 4.78 is 36.2. The van der Waals surface area contributed by atoms with Crippen molar-refractivity contribution in [1.29, 1.82) is 0 Å². The number of hydrogen-bond acceptors (Lipinski definition) is 4. The fraction of sp³-hybridized carbons (Fsp3) is 0.255. The number of nitrogens with one attached hydrogen (secondary N) is 2. The number of ether oxygens (including phenoxy) is 1. The van der Waals surface area contributed by atoms with E-state index in [1.165, 1.54) is 27.7 Å². The molecule has 2 saturated heterocycles. The number of piperidine rings is 1. The third kappa shape index (κ3) is 7.00. The average Bonchev–Trinajstić information content (AvgIpc) is 3.65. The van der Waals surface area contributed by atoms with Gasteiger partial charge in [-0.2, -0.15) is 0 Å². The van der Waals surface area contributed by atoms with Crippen molar-refractivity contribution < 1.29 is 23.1 Å². The van der Waals surface area contributed by atoms with Crippen molar-refractivity contribution in [2.24, 2.45) is 0 Å². The molecule has 0 aliphatic carbocycles. The number of nitrogens with zero attached hydrogens (tertiary/aromatic N) is 2. The summed E-state index contributed by atoms with van der Waals surface area (Å²) in [7, 11) is 1.73. The highest BCUT2D eigenvalue weighted by molar-refractivity contribution is 5.97. The zero-order valence-corrected chi connectivity index (χ0v) is 34.0. The van der Waals surface area contributed by atoms with Crippen LogP contribution in [0.4, 0.5) is 18.4 Å². The Morgan fingerprint density at radius 3 is 1.85 bits per heavy atom. The molecular formula is C51H50F2N4O3. The Morgan fingerprint density at radius 2 is 1.30 bits per heavy atom. The molecule has 8 rings (SSSR count). The van der Waals surface area contributed by atoms with Gasteiger partial charge in [-0.25, -0.2) is 23.3 Å². The molecule has 0 saturated carbocycles. The van der Waals surface area contributed by atoms with E-state index < -0.39 is 34.7 Å². The van der Waals surface area contributed by atoms with Crippen LogP contribution in [0, 0.1) is 18.6 Å². The molecule has 0 spiro atoms. The molecule has 2 aliphatic rings. The van der Waals surface area contributed by atoms with Gasteiger partial charge in [0, 0.05) is 24.1 Å². The summed E-state index contributed by atoms with van der Waals surface area (Å²) in [6.45, 7) is 4.76. The van der Waals surface area contributed by atoms with Gasteiger partial charge in [0.15, 0.2) is 11.6 Å². The number of carbonyl (C=O) groups is 2. The zero-order chi connectivity index (χ0) is 41.7. The van der Waals surface area contributed by atoms with Crippen molar-refractivity contribution in [1.82, 2.24) is 20.4 Å². The molecule has 306 valence electrons. The molecule has 4 amide bonds. The van der Waals surface area contributed by atoms with Crippen molar-refractivity contribution in [2.75, 3.05) is 39.8 Å². The monoisotopic (exact) mass is 804 g/mol. The lowest BCUT2D eigenvalue weighted by Gasteiger charge is -2.52. The lowest BCUT2D eigenvalue weighted by Crippen LogP contribution is -2.63. The van der Waals surface area contributed by atoms with Crippen LogP contribution in [-0.2, 0) is 16.4 Å². The number of hydrogen-bond donors (Lipinski definition) is 2. The van der Waals surface area contributed by atoms with Gasteiger partial charge in [0.2, 0.25) is 0 Å². The Balaban J connectivity index is 1.10. The molecule has 1 atom stereocenters.